The SMILES string of the molecule is O=CC(CCC(=O)N1CCCCc2ccccc21)NC(=O)C(CC1CCCCC1)NC(=O)O. The third kappa shape index (κ3) is 7.30. The number of rotatable bonds is 9. The first kappa shape index (κ1) is 24.7. The molecule has 8 nitrogen and oxygen atoms in total. The highest BCUT2D eigenvalue weighted by Gasteiger charge is 2.28. The molecule has 1 aromatic carbocycles. The number of hydrogen-bond donors (Lipinski definition) is 3. The lowest BCUT2D eigenvalue weighted by atomic mass is 9.84. The van der Waals surface area contributed by atoms with Crippen LogP contribution in [0, 0.1) is 5.92 Å². The number of aldehydes is 1. The molecule has 33 heavy (non-hydrogen) atoms. The number of nitrogens with one attached hydrogen (secondary N) is 2. The van der Waals surface area contributed by atoms with E-state index in [-0.39, 0.29) is 18.7 Å². The van der Waals surface area contributed by atoms with Crippen LogP contribution in [0.4, 0.5) is 10.5 Å². The molecule has 1 saturated carbocycles. The topological polar surface area (TPSA) is 116 Å². The van der Waals surface area contributed by atoms with Crippen LogP contribution in [0.2, 0.25) is 0 Å². The summed E-state index contributed by atoms with van der Waals surface area (Å²) in [6.45, 7) is 0.639. The number of anilines is 1. The maximum atomic E-state index is 13.0. The quantitative estimate of drug-likeness (QED) is 0.492. The maximum Gasteiger partial charge on any atom is 0.405 e. The van der Waals surface area contributed by atoms with Gasteiger partial charge in [-0.25, -0.2) is 4.79 Å². The Morgan fingerprint density at radius 3 is 2.55 bits per heavy atom. The average Bonchev–Trinajstić information content (AvgIpc) is 3.04. The van der Waals surface area contributed by atoms with Gasteiger partial charge in [-0.2, -0.15) is 0 Å². The van der Waals surface area contributed by atoms with E-state index in [4.69, 9.17) is 5.11 Å². The summed E-state index contributed by atoms with van der Waals surface area (Å²) in [6.07, 6.45) is 8.26. The Morgan fingerprint density at radius 2 is 1.82 bits per heavy atom. The van der Waals surface area contributed by atoms with Gasteiger partial charge in [-0.3, -0.25) is 9.59 Å². The molecule has 0 spiro atoms. The van der Waals surface area contributed by atoms with Gasteiger partial charge in [-0.15, -0.1) is 0 Å². The second-order valence-corrected chi connectivity index (χ2v) is 9.16. The lowest BCUT2D eigenvalue weighted by Crippen LogP contribution is -2.50. The molecular formula is C25H35N3O5. The van der Waals surface area contributed by atoms with Crippen LogP contribution in [0.3, 0.4) is 0 Å². The van der Waals surface area contributed by atoms with Crippen LogP contribution in [0.15, 0.2) is 24.3 Å². The summed E-state index contributed by atoms with van der Waals surface area (Å²) in [5.41, 5.74) is 2.07. The fourth-order valence-corrected chi connectivity index (χ4v) is 4.96. The molecule has 1 aliphatic heterocycles. The van der Waals surface area contributed by atoms with E-state index in [9.17, 15) is 19.2 Å². The zero-order valence-corrected chi connectivity index (χ0v) is 19.1. The summed E-state index contributed by atoms with van der Waals surface area (Å²) < 4.78 is 0. The number of carboxylic acid groups (broad SMARTS) is 1. The number of carbonyl (C=O) groups excluding carboxylic acids is 3. The minimum Gasteiger partial charge on any atom is -0.465 e. The molecule has 0 aromatic heterocycles. The molecule has 1 aliphatic carbocycles. The highest BCUT2D eigenvalue weighted by molar-refractivity contribution is 5.94. The van der Waals surface area contributed by atoms with Crippen LogP contribution in [0.5, 0.6) is 0 Å². The molecular weight excluding hydrogens is 422 g/mol. The van der Waals surface area contributed by atoms with Crippen LogP contribution in [-0.2, 0) is 20.8 Å². The van der Waals surface area contributed by atoms with Gasteiger partial charge >= 0.3 is 6.09 Å². The van der Waals surface area contributed by atoms with E-state index in [0.717, 1.165) is 56.2 Å². The molecule has 2 aliphatic rings. The number of hydrogen-bond acceptors (Lipinski definition) is 4. The van der Waals surface area contributed by atoms with Crippen molar-refractivity contribution in [3.63, 3.8) is 0 Å². The molecule has 3 amide bonds. The molecule has 3 N–H and O–H groups in total. The Balaban J connectivity index is 1.57. The van der Waals surface area contributed by atoms with Crippen molar-refractivity contribution in [3.05, 3.63) is 29.8 Å². The van der Waals surface area contributed by atoms with Gasteiger partial charge in [-0.05, 0) is 49.7 Å². The van der Waals surface area contributed by atoms with Crippen molar-refractivity contribution >= 4 is 29.9 Å². The monoisotopic (exact) mass is 457 g/mol. The van der Waals surface area contributed by atoms with Crippen LogP contribution in [-0.4, -0.2) is 47.9 Å². The lowest BCUT2D eigenvalue weighted by molar-refractivity contribution is -0.126. The van der Waals surface area contributed by atoms with E-state index in [2.05, 4.69) is 10.6 Å². The van der Waals surface area contributed by atoms with Crippen molar-refractivity contribution in [3.8, 4) is 0 Å². The van der Waals surface area contributed by atoms with Crippen molar-refractivity contribution in [1.82, 2.24) is 10.6 Å². The number of para-hydroxylation sites is 1. The fourth-order valence-electron chi connectivity index (χ4n) is 4.96. The van der Waals surface area contributed by atoms with E-state index in [1.165, 1.54) is 6.42 Å². The van der Waals surface area contributed by atoms with Crippen LogP contribution >= 0.6 is 0 Å². The number of benzene rings is 1. The Kier molecular flexibility index (Phi) is 9.27. The average molecular weight is 458 g/mol. The van der Waals surface area contributed by atoms with Gasteiger partial charge in [0, 0.05) is 18.7 Å². The Labute approximate surface area is 195 Å². The third-order valence-electron chi connectivity index (χ3n) is 6.73. The number of amides is 3. The first-order valence-corrected chi connectivity index (χ1v) is 12.1. The summed E-state index contributed by atoms with van der Waals surface area (Å²) >= 11 is 0. The summed E-state index contributed by atoms with van der Waals surface area (Å²) in [4.78, 5) is 50.4. The van der Waals surface area contributed by atoms with E-state index in [1.54, 1.807) is 4.90 Å². The number of nitrogens with zero attached hydrogens (tertiary/aromatic N) is 1. The Bertz CT molecular complexity index is 837. The van der Waals surface area contributed by atoms with Gasteiger partial charge in [0.25, 0.3) is 0 Å². The van der Waals surface area contributed by atoms with E-state index in [1.807, 2.05) is 24.3 Å². The first-order chi connectivity index (χ1) is 16.0. The largest absolute Gasteiger partial charge is 0.465 e. The van der Waals surface area contributed by atoms with Gasteiger partial charge in [-0.1, -0.05) is 50.3 Å². The molecule has 2 unspecified atom stereocenters. The highest BCUT2D eigenvalue weighted by atomic mass is 16.4. The van der Waals surface area contributed by atoms with Gasteiger partial charge in [0.15, 0.2) is 0 Å². The zero-order chi connectivity index (χ0) is 23.6. The van der Waals surface area contributed by atoms with Crippen LogP contribution in [0.25, 0.3) is 0 Å². The third-order valence-corrected chi connectivity index (χ3v) is 6.73. The Hall–Kier alpha value is -2.90. The number of carbonyl (C=O) groups is 4. The van der Waals surface area contributed by atoms with Crippen LogP contribution in [0.1, 0.15) is 69.8 Å². The molecule has 180 valence electrons. The molecule has 0 bridgehead atoms. The Morgan fingerprint density at radius 1 is 1.06 bits per heavy atom. The van der Waals surface area contributed by atoms with Crippen molar-refractivity contribution in [1.29, 1.82) is 0 Å². The highest BCUT2D eigenvalue weighted by Crippen LogP contribution is 2.28. The summed E-state index contributed by atoms with van der Waals surface area (Å²) in [5.74, 6) is -0.291. The lowest BCUT2D eigenvalue weighted by Gasteiger charge is -2.27. The van der Waals surface area contributed by atoms with Gasteiger partial charge in [0.1, 0.15) is 12.3 Å². The van der Waals surface area contributed by atoms with E-state index in [0.29, 0.717) is 25.2 Å². The molecule has 8 heteroatoms. The molecule has 0 radical (unpaired) electrons. The van der Waals surface area contributed by atoms with E-state index >= 15 is 0 Å². The second kappa shape index (κ2) is 12.4. The molecule has 3 rings (SSSR count). The van der Waals surface area contributed by atoms with Crippen molar-refractivity contribution in [2.75, 3.05) is 11.4 Å². The number of fused-ring (bicyclic) bond motifs is 1. The first-order valence-electron chi connectivity index (χ1n) is 12.1. The molecule has 1 heterocycles. The van der Waals surface area contributed by atoms with Crippen molar-refractivity contribution < 1.29 is 24.3 Å². The zero-order valence-electron chi connectivity index (χ0n) is 19.1. The van der Waals surface area contributed by atoms with Crippen molar-refractivity contribution in [2.24, 2.45) is 5.92 Å². The summed E-state index contributed by atoms with van der Waals surface area (Å²) in [7, 11) is 0. The molecule has 1 fully saturated rings. The normalized spacial score (nSPS) is 18.4. The standard InChI is InChI=1S/C25H35N3O5/c29-17-20(26-24(31)21(27-25(32)33)16-18-8-2-1-3-9-18)13-14-23(30)28-15-7-6-11-19-10-4-5-12-22(19)28/h4-5,10,12,17-18,20-21,27H,1-3,6-9,11,13-16H2,(H,26,31)(H,32,33). The predicted octanol–water partition coefficient (Wildman–Crippen LogP) is 3.43. The fraction of sp³-hybridized carbons (Fsp3) is 0.600. The summed E-state index contributed by atoms with van der Waals surface area (Å²) in [6, 6.07) is 6.14. The second-order valence-electron chi connectivity index (χ2n) is 9.16. The number of aryl methyl sites for hydroxylation is 1. The van der Waals surface area contributed by atoms with Gasteiger partial charge in [0.2, 0.25) is 11.8 Å². The predicted molar refractivity (Wildman–Crippen MR) is 125 cm³/mol. The minimum atomic E-state index is -1.26. The molecule has 0 saturated heterocycles. The molecule has 1 aromatic rings. The maximum absolute atomic E-state index is 13.0. The van der Waals surface area contributed by atoms with Gasteiger partial charge < -0.3 is 25.4 Å². The van der Waals surface area contributed by atoms with Gasteiger partial charge in [0.05, 0.1) is 6.04 Å². The van der Waals surface area contributed by atoms with Crippen molar-refractivity contribution in [2.45, 2.75) is 82.7 Å². The molecule has 2 atom stereocenters. The summed E-state index contributed by atoms with van der Waals surface area (Å²) in [5, 5.41) is 14.1. The minimum absolute atomic E-state index is 0.0761. The van der Waals surface area contributed by atoms with Crippen LogP contribution < -0.4 is 15.5 Å². The smallest absolute Gasteiger partial charge is 0.405 e. The van der Waals surface area contributed by atoms with E-state index < -0.39 is 24.1 Å².